The summed E-state index contributed by atoms with van der Waals surface area (Å²) in [5.41, 5.74) is 7.42. The summed E-state index contributed by atoms with van der Waals surface area (Å²) >= 11 is 0. The molecule has 0 aliphatic rings. The van der Waals surface area contributed by atoms with Gasteiger partial charge in [0, 0.05) is 10.6 Å². The highest BCUT2D eigenvalue weighted by molar-refractivity contribution is 7.85. The second-order valence-corrected chi connectivity index (χ2v) is 5.80. The molecule has 0 saturated carbocycles. The maximum absolute atomic E-state index is 12.1. The largest absolute Gasteiger partial charge is 0.493 e. The Balaban J connectivity index is 1.89. The van der Waals surface area contributed by atoms with Crippen LogP contribution in [0.15, 0.2) is 53.4 Å². The molecule has 2 N–H and O–H groups in total. The minimum absolute atomic E-state index is 0.431. The highest BCUT2D eigenvalue weighted by Crippen LogP contribution is 2.16. The van der Waals surface area contributed by atoms with E-state index >= 15 is 0 Å². The fraction of sp³-hybridized carbons (Fsp3) is 0.200. The second-order valence-electron chi connectivity index (χ2n) is 4.23. The normalized spacial score (nSPS) is 12.1. The summed E-state index contributed by atoms with van der Waals surface area (Å²) in [7, 11) is -1.06. The van der Waals surface area contributed by atoms with E-state index < -0.39 is 10.8 Å². The molecule has 0 heterocycles. The smallest absolute Gasteiger partial charge is 0.119 e. The zero-order valence-electron chi connectivity index (χ0n) is 10.8. The van der Waals surface area contributed by atoms with Crippen LogP contribution in [0, 0.1) is 6.92 Å². The monoisotopic (exact) mass is 275 g/mol. The van der Waals surface area contributed by atoms with Crippen molar-refractivity contribution >= 4 is 16.5 Å². The minimum atomic E-state index is -1.06. The van der Waals surface area contributed by atoms with Gasteiger partial charge < -0.3 is 10.5 Å². The Morgan fingerprint density at radius 2 is 1.89 bits per heavy atom. The molecule has 0 amide bonds. The molecule has 2 aromatic carbocycles. The molecule has 2 aromatic rings. The SMILES string of the molecule is Cc1cc(S(=O)CCOc2ccccc2)ccc1N. The first-order valence-electron chi connectivity index (χ1n) is 6.09. The van der Waals surface area contributed by atoms with Crippen molar-refractivity contribution in [3.63, 3.8) is 0 Å². The summed E-state index contributed by atoms with van der Waals surface area (Å²) in [6.07, 6.45) is 0. The lowest BCUT2D eigenvalue weighted by Crippen LogP contribution is -2.09. The van der Waals surface area contributed by atoms with Gasteiger partial charge >= 0.3 is 0 Å². The second kappa shape index (κ2) is 6.38. The number of aryl methyl sites for hydroxylation is 1. The molecule has 0 aromatic heterocycles. The Morgan fingerprint density at radius 3 is 2.58 bits per heavy atom. The molecule has 0 aliphatic carbocycles. The number of hydrogen-bond donors (Lipinski definition) is 1. The fourth-order valence-electron chi connectivity index (χ4n) is 1.66. The molecule has 0 bridgehead atoms. The summed E-state index contributed by atoms with van der Waals surface area (Å²) in [6.45, 7) is 2.34. The van der Waals surface area contributed by atoms with Crippen molar-refractivity contribution in [3.05, 3.63) is 54.1 Å². The van der Waals surface area contributed by atoms with Crippen LogP contribution in [0.5, 0.6) is 5.75 Å². The third-order valence-corrected chi connectivity index (χ3v) is 4.10. The number of anilines is 1. The molecule has 4 heteroatoms. The molecule has 1 atom stereocenters. The van der Waals surface area contributed by atoms with Crippen molar-refractivity contribution in [2.24, 2.45) is 0 Å². The molecule has 0 saturated heterocycles. The van der Waals surface area contributed by atoms with E-state index in [4.69, 9.17) is 10.5 Å². The van der Waals surface area contributed by atoms with Crippen LogP contribution in [0.25, 0.3) is 0 Å². The zero-order valence-corrected chi connectivity index (χ0v) is 11.7. The Bertz CT molecular complexity index is 570. The van der Waals surface area contributed by atoms with E-state index in [1.807, 2.05) is 43.3 Å². The van der Waals surface area contributed by atoms with Crippen LogP contribution in [0.2, 0.25) is 0 Å². The first-order valence-corrected chi connectivity index (χ1v) is 7.41. The molecule has 100 valence electrons. The molecule has 0 spiro atoms. The van der Waals surface area contributed by atoms with Gasteiger partial charge in [-0.05, 0) is 42.8 Å². The molecular weight excluding hydrogens is 258 g/mol. The predicted octanol–water partition coefficient (Wildman–Crippen LogP) is 2.76. The molecule has 0 aliphatic heterocycles. The number of nitrogens with two attached hydrogens (primary N) is 1. The molecule has 3 nitrogen and oxygen atoms in total. The van der Waals surface area contributed by atoms with E-state index in [1.54, 1.807) is 12.1 Å². The van der Waals surface area contributed by atoms with Crippen LogP contribution >= 0.6 is 0 Å². The standard InChI is InChI=1S/C15H17NO2S/c1-12-11-14(7-8-15(12)16)19(17)10-9-18-13-5-3-2-4-6-13/h2-8,11H,9-10,16H2,1H3. The zero-order chi connectivity index (χ0) is 13.7. The Hall–Kier alpha value is -1.81. The van der Waals surface area contributed by atoms with Crippen molar-refractivity contribution < 1.29 is 8.95 Å². The van der Waals surface area contributed by atoms with E-state index in [0.717, 1.165) is 21.9 Å². The number of benzene rings is 2. The maximum Gasteiger partial charge on any atom is 0.119 e. The van der Waals surface area contributed by atoms with Gasteiger partial charge in [0.1, 0.15) is 12.4 Å². The van der Waals surface area contributed by atoms with Crippen molar-refractivity contribution in [2.75, 3.05) is 18.1 Å². The molecule has 0 fully saturated rings. The Kier molecular flexibility index (Phi) is 4.58. The van der Waals surface area contributed by atoms with Crippen LogP contribution in [0.4, 0.5) is 5.69 Å². The third kappa shape index (κ3) is 3.83. The summed E-state index contributed by atoms with van der Waals surface area (Å²) in [5, 5.41) is 0. The molecular formula is C15H17NO2S. The topological polar surface area (TPSA) is 52.3 Å². The highest BCUT2D eigenvalue weighted by atomic mass is 32.2. The Labute approximate surface area is 115 Å². The van der Waals surface area contributed by atoms with Crippen LogP contribution in [-0.4, -0.2) is 16.6 Å². The summed E-state index contributed by atoms with van der Waals surface area (Å²) in [5.74, 6) is 1.27. The summed E-state index contributed by atoms with van der Waals surface area (Å²) in [4.78, 5) is 0.795. The average Bonchev–Trinajstić information content (AvgIpc) is 2.43. The molecule has 19 heavy (non-hydrogen) atoms. The van der Waals surface area contributed by atoms with Crippen molar-refractivity contribution in [3.8, 4) is 5.75 Å². The van der Waals surface area contributed by atoms with Gasteiger partial charge in [0.2, 0.25) is 0 Å². The lowest BCUT2D eigenvalue weighted by Gasteiger charge is -2.07. The van der Waals surface area contributed by atoms with E-state index in [0.29, 0.717) is 12.4 Å². The van der Waals surface area contributed by atoms with Gasteiger partial charge in [-0.2, -0.15) is 0 Å². The van der Waals surface area contributed by atoms with E-state index in [1.165, 1.54) is 0 Å². The summed E-state index contributed by atoms with van der Waals surface area (Å²) in [6, 6.07) is 15.0. The average molecular weight is 275 g/mol. The molecule has 2 rings (SSSR count). The third-order valence-electron chi connectivity index (χ3n) is 2.78. The van der Waals surface area contributed by atoms with Crippen molar-refractivity contribution in [1.82, 2.24) is 0 Å². The number of hydrogen-bond acceptors (Lipinski definition) is 3. The minimum Gasteiger partial charge on any atom is -0.493 e. The van der Waals surface area contributed by atoms with E-state index in [-0.39, 0.29) is 0 Å². The lowest BCUT2D eigenvalue weighted by atomic mass is 10.2. The first kappa shape index (κ1) is 13.6. The number of ether oxygens (including phenoxy) is 1. The first-order chi connectivity index (χ1) is 9.16. The number of nitrogen functional groups attached to an aromatic ring is 1. The van der Waals surface area contributed by atoms with Gasteiger partial charge in [0.25, 0.3) is 0 Å². The number of rotatable bonds is 5. The van der Waals surface area contributed by atoms with Crippen molar-refractivity contribution in [2.45, 2.75) is 11.8 Å². The highest BCUT2D eigenvalue weighted by Gasteiger charge is 2.05. The van der Waals surface area contributed by atoms with Gasteiger partial charge in [0.15, 0.2) is 0 Å². The van der Waals surface area contributed by atoms with Crippen LogP contribution in [0.3, 0.4) is 0 Å². The molecule has 1 unspecified atom stereocenters. The van der Waals surface area contributed by atoms with Gasteiger partial charge in [-0.1, -0.05) is 18.2 Å². The predicted molar refractivity (Wildman–Crippen MR) is 78.8 cm³/mol. The Morgan fingerprint density at radius 1 is 1.16 bits per heavy atom. The van der Waals surface area contributed by atoms with E-state index in [9.17, 15) is 4.21 Å². The van der Waals surface area contributed by atoms with Crippen molar-refractivity contribution in [1.29, 1.82) is 0 Å². The molecule has 0 radical (unpaired) electrons. The maximum atomic E-state index is 12.1. The van der Waals surface area contributed by atoms with E-state index in [2.05, 4.69) is 0 Å². The van der Waals surface area contributed by atoms with Crippen LogP contribution in [-0.2, 0) is 10.8 Å². The van der Waals surface area contributed by atoms with Gasteiger partial charge in [-0.3, -0.25) is 4.21 Å². The number of para-hydroxylation sites is 1. The lowest BCUT2D eigenvalue weighted by molar-refractivity contribution is 0.342. The van der Waals surface area contributed by atoms with Gasteiger partial charge in [-0.15, -0.1) is 0 Å². The summed E-state index contributed by atoms with van der Waals surface area (Å²) < 4.78 is 17.6. The van der Waals surface area contributed by atoms with Crippen LogP contribution < -0.4 is 10.5 Å². The quantitative estimate of drug-likeness (QED) is 0.854. The fourth-order valence-corrected chi connectivity index (χ4v) is 2.66. The van der Waals surface area contributed by atoms with Gasteiger partial charge in [-0.25, -0.2) is 0 Å². The van der Waals surface area contributed by atoms with Crippen LogP contribution in [0.1, 0.15) is 5.56 Å². The van der Waals surface area contributed by atoms with Gasteiger partial charge in [0.05, 0.1) is 16.6 Å².